The summed E-state index contributed by atoms with van der Waals surface area (Å²) in [5.41, 5.74) is 1.41. The molecule has 8 nitrogen and oxygen atoms in total. The van der Waals surface area contributed by atoms with Crippen molar-refractivity contribution in [3.05, 3.63) is 51.3 Å². The van der Waals surface area contributed by atoms with Crippen molar-refractivity contribution in [2.45, 2.75) is 6.92 Å². The van der Waals surface area contributed by atoms with Gasteiger partial charge in [0.05, 0.1) is 35.9 Å². The molecule has 0 spiro atoms. The topological polar surface area (TPSA) is 95.5 Å². The average Bonchev–Trinajstić information content (AvgIpc) is 3.12. The van der Waals surface area contributed by atoms with E-state index in [0.29, 0.717) is 43.9 Å². The Balaban J connectivity index is 1.82. The number of halogens is 1. The van der Waals surface area contributed by atoms with Crippen molar-refractivity contribution in [2.75, 3.05) is 27.4 Å². The SMILES string of the molecule is CCOc1cc(/C=C2/SC(=Nc3ccc(OC)cc3)NC2=O)cc(Br)c1OCC(=O)OC. The lowest BCUT2D eigenvalue weighted by Crippen LogP contribution is -2.19. The van der Waals surface area contributed by atoms with E-state index in [1.54, 1.807) is 49.6 Å². The van der Waals surface area contributed by atoms with Gasteiger partial charge in [0.1, 0.15) is 5.75 Å². The molecular weight excluding hydrogens is 500 g/mol. The first-order valence-electron chi connectivity index (χ1n) is 9.53. The first kappa shape index (κ1) is 23.7. The fraction of sp³-hybridized carbons (Fsp3) is 0.227. The summed E-state index contributed by atoms with van der Waals surface area (Å²) in [4.78, 5) is 28.8. The summed E-state index contributed by atoms with van der Waals surface area (Å²) in [5.74, 6) is 0.792. The van der Waals surface area contributed by atoms with Gasteiger partial charge in [-0.25, -0.2) is 9.79 Å². The largest absolute Gasteiger partial charge is 0.497 e. The van der Waals surface area contributed by atoms with E-state index in [9.17, 15) is 9.59 Å². The molecule has 0 aromatic heterocycles. The summed E-state index contributed by atoms with van der Waals surface area (Å²) < 4.78 is 21.5. The fourth-order valence-electron chi connectivity index (χ4n) is 2.67. The molecule has 0 radical (unpaired) electrons. The third-order valence-corrected chi connectivity index (χ3v) is 5.64. The Hall–Kier alpha value is -2.98. The monoisotopic (exact) mass is 520 g/mol. The van der Waals surface area contributed by atoms with Crippen LogP contribution in [0, 0.1) is 0 Å². The number of hydrogen-bond donors (Lipinski definition) is 1. The third kappa shape index (κ3) is 6.04. The quantitative estimate of drug-likeness (QED) is 0.409. The Morgan fingerprint density at radius 1 is 1.19 bits per heavy atom. The van der Waals surface area contributed by atoms with Crippen molar-refractivity contribution in [1.82, 2.24) is 5.32 Å². The molecule has 0 bridgehead atoms. The van der Waals surface area contributed by atoms with E-state index < -0.39 is 5.97 Å². The summed E-state index contributed by atoms with van der Waals surface area (Å²) in [5, 5.41) is 3.24. The van der Waals surface area contributed by atoms with Crippen LogP contribution in [0.5, 0.6) is 17.2 Å². The number of thioether (sulfide) groups is 1. The van der Waals surface area contributed by atoms with E-state index in [2.05, 4.69) is 31.0 Å². The number of esters is 1. The molecule has 0 unspecified atom stereocenters. The summed E-state index contributed by atoms with van der Waals surface area (Å²) in [6.45, 7) is 1.99. The lowest BCUT2D eigenvalue weighted by atomic mass is 10.2. The molecule has 10 heteroatoms. The molecule has 3 rings (SSSR count). The van der Waals surface area contributed by atoms with Gasteiger partial charge in [0.2, 0.25) is 0 Å². The molecule has 32 heavy (non-hydrogen) atoms. The minimum absolute atomic E-state index is 0.248. The van der Waals surface area contributed by atoms with Crippen LogP contribution in [0.25, 0.3) is 6.08 Å². The maximum absolute atomic E-state index is 12.4. The van der Waals surface area contributed by atoms with Crippen molar-refractivity contribution in [3.8, 4) is 17.2 Å². The predicted molar refractivity (Wildman–Crippen MR) is 127 cm³/mol. The standard InChI is InChI=1S/C22H21BrN2O6S/c1-4-30-17-10-13(9-16(23)20(17)31-12-19(26)29-3)11-18-21(27)25-22(32-18)24-14-5-7-15(28-2)8-6-14/h5-11H,4,12H2,1-3H3,(H,24,25,27)/b18-11+. The molecule has 168 valence electrons. The lowest BCUT2D eigenvalue weighted by Gasteiger charge is -2.14. The van der Waals surface area contributed by atoms with E-state index in [4.69, 9.17) is 14.2 Å². The highest BCUT2D eigenvalue weighted by Crippen LogP contribution is 2.38. The zero-order valence-corrected chi connectivity index (χ0v) is 20.0. The molecule has 1 aliphatic rings. The number of nitrogens with zero attached hydrogens (tertiary/aromatic N) is 1. The third-order valence-electron chi connectivity index (χ3n) is 4.15. The number of carbonyl (C=O) groups is 2. The van der Waals surface area contributed by atoms with Crippen LogP contribution in [0.4, 0.5) is 5.69 Å². The van der Waals surface area contributed by atoms with E-state index in [1.807, 2.05) is 6.92 Å². The van der Waals surface area contributed by atoms with Crippen LogP contribution in [-0.4, -0.2) is 44.5 Å². The molecule has 2 aromatic carbocycles. The van der Waals surface area contributed by atoms with Crippen molar-refractivity contribution < 1.29 is 28.5 Å². The molecule has 0 aliphatic carbocycles. The summed E-state index contributed by atoms with van der Waals surface area (Å²) in [7, 11) is 2.88. The van der Waals surface area contributed by atoms with Gasteiger partial charge in [0.15, 0.2) is 23.3 Å². The Morgan fingerprint density at radius 3 is 2.59 bits per heavy atom. The van der Waals surface area contributed by atoms with Crippen LogP contribution in [0.3, 0.4) is 0 Å². The highest BCUT2D eigenvalue weighted by atomic mass is 79.9. The number of amidine groups is 1. The molecule has 2 aromatic rings. The lowest BCUT2D eigenvalue weighted by molar-refractivity contribution is -0.142. The Bertz CT molecular complexity index is 1070. The average molecular weight is 521 g/mol. The number of ether oxygens (including phenoxy) is 4. The first-order valence-corrected chi connectivity index (χ1v) is 11.1. The van der Waals surface area contributed by atoms with Crippen LogP contribution in [0.2, 0.25) is 0 Å². The number of nitrogens with one attached hydrogen (secondary N) is 1. The van der Waals surface area contributed by atoms with Gasteiger partial charge in [0, 0.05) is 0 Å². The molecule has 1 saturated heterocycles. The number of hydrogen-bond acceptors (Lipinski definition) is 8. The molecule has 1 heterocycles. The van der Waals surface area contributed by atoms with Gasteiger partial charge in [-0.1, -0.05) is 0 Å². The van der Waals surface area contributed by atoms with Crippen molar-refractivity contribution >= 4 is 56.5 Å². The van der Waals surface area contributed by atoms with Crippen LogP contribution in [0.15, 0.2) is 50.8 Å². The summed E-state index contributed by atoms with van der Waals surface area (Å²) in [6.07, 6.45) is 1.73. The summed E-state index contributed by atoms with van der Waals surface area (Å²) in [6, 6.07) is 10.7. The number of carbonyl (C=O) groups excluding carboxylic acids is 2. The second-order valence-electron chi connectivity index (χ2n) is 6.31. The van der Waals surface area contributed by atoms with Gasteiger partial charge in [-0.05, 0) is 82.7 Å². The fourth-order valence-corrected chi connectivity index (χ4v) is 4.09. The van der Waals surface area contributed by atoms with Gasteiger partial charge in [0.25, 0.3) is 5.91 Å². The maximum atomic E-state index is 12.4. The number of amides is 1. The molecule has 1 aliphatic heterocycles. The Kier molecular flexibility index (Phi) is 8.18. The van der Waals surface area contributed by atoms with Crippen molar-refractivity contribution in [1.29, 1.82) is 0 Å². The Morgan fingerprint density at radius 2 is 1.94 bits per heavy atom. The van der Waals surface area contributed by atoms with Gasteiger partial charge in [-0.2, -0.15) is 0 Å². The minimum Gasteiger partial charge on any atom is -0.497 e. The van der Waals surface area contributed by atoms with Crippen LogP contribution < -0.4 is 19.5 Å². The maximum Gasteiger partial charge on any atom is 0.343 e. The van der Waals surface area contributed by atoms with Crippen molar-refractivity contribution in [3.63, 3.8) is 0 Å². The van der Waals surface area contributed by atoms with E-state index in [-0.39, 0.29) is 12.5 Å². The normalized spacial score (nSPS) is 15.6. The van der Waals surface area contributed by atoms with Gasteiger partial charge in [-0.15, -0.1) is 0 Å². The minimum atomic E-state index is -0.506. The van der Waals surface area contributed by atoms with Gasteiger partial charge < -0.3 is 24.3 Å². The molecule has 1 amide bonds. The second-order valence-corrected chi connectivity index (χ2v) is 8.19. The predicted octanol–water partition coefficient (Wildman–Crippen LogP) is 4.30. The smallest absolute Gasteiger partial charge is 0.343 e. The number of rotatable bonds is 8. The van der Waals surface area contributed by atoms with Gasteiger partial charge >= 0.3 is 5.97 Å². The van der Waals surface area contributed by atoms with Crippen LogP contribution in [-0.2, 0) is 14.3 Å². The zero-order valence-electron chi connectivity index (χ0n) is 17.6. The second kappa shape index (κ2) is 11.1. The molecule has 0 saturated carbocycles. The number of methoxy groups -OCH3 is 2. The molecular formula is C22H21BrN2O6S. The highest BCUT2D eigenvalue weighted by Gasteiger charge is 2.24. The summed E-state index contributed by atoms with van der Waals surface area (Å²) >= 11 is 4.68. The zero-order chi connectivity index (χ0) is 23.1. The van der Waals surface area contributed by atoms with Crippen LogP contribution >= 0.6 is 27.7 Å². The van der Waals surface area contributed by atoms with Crippen molar-refractivity contribution in [2.24, 2.45) is 4.99 Å². The van der Waals surface area contributed by atoms with E-state index in [1.165, 1.54) is 18.9 Å². The van der Waals surface area contributed by atoms with Gasteiger partial charge in [-0.3, -0.25) is 4.79 Å². The molecule has 0 atom stereocenters. The highest BCUT2D eigenvalue weighted by molar-refractivity contribution is 9.10. The molecule has 1 fully saturated rings. The first-order chi connectivity index (χ1) is 15.4. The van der Waals surface area contributed by atoms with Crippen LogP contribution in [0.1, 0.15) is 12.5 Å². The Labute approximate surface area is 198 Å². The number of benzene rings is 2. The van der Waals surface area contributed by atoms with E-state index >= 15 is 0 Å². The molecule has 1 N–H and O–H groups in total. The number of aliphatic imine (C=N–C) groups is 1. The van der Waals surface area contributed by atoms with E-state index in [0.717, 1.165) is 5.75 Å².